The molecule has 27 heavy (non-hydrogen) atoms. The zero-order valence-electron chi connectivity index (χ0n) is 14.0. The van der Waals surface area contributed by atoms with E-state index in [4.69, 9.17) is 0 Å². The maximum Gasteiger partial charge on any atom is 0.507 e. The molecule has 0 radical (unpaired) electrons. The van der Waals surface area contributed by atoms with Crippen LogP contribution in [0.25, 0.3) is 0 Å². The van der Waals surface area contributed by atoms with E-state index in [9.17, 15) is 27.2 Å². The number of alkyl halides is 4. The number of benzene rings is 1. The Bertz CT molecular complexity index is 834. The molecular formula is C17H14F4N2O4. The Balaban J connectivity index is 2.04. The van der Waals surface area contributed by atoms with Crippen LogP contribution in [0.3, 0.4) is 0 Å². The maximum absolute atomic E-state index is 13.2. The molecule has 0 aromatic heterocycles. The van der Waals surface area contributed by atoms with Crippen molar-refractivity contribution in [3.63, 3.8) is 0 Å². The number of rotatable bonds is 7. The third-order valence-corrected chi connectivity index (χ3v) is 3.38. The van der Waals surface area contributed by atoms with E-state index in [-0.39, 0.29) is 24.1 Å². The summed E-state index contributed by atoms with van der Waals surface area (Å²) in [6.45, 7) is 5.12. The van der Waals surface area contributed by atoms with Crippen molar-refractivity contribution in [3.05, 3.63) is 48.3 Å². The molecule has 0 aliphatic carbocycles. The van der Waals surface area contributed by atoms with Crippen LogP contribution in [0, 0.1) is 0 Å². The number of allylic oxidation sites excluding steroid dienone is 2. The minimum Gasteiger partial charge on any atom is -0.421 e. The van der Waals surface area contributed by atoms with Gasteiger partial charge in [0.05, 0.1) is 0 Å². The van der Waals surface area contributed by atoms with Gasteiger partial charge in [-0.3, -0.25) is 9.59 Å². The molecule has 0 atom stereocenters. The van der Waals surface area contributed by atoms with Gasteiger partial charge in [-0.2, -0.15) is 22.7 Å². The highest BCUT2D eigenvalue weighted by Gasteiger charge is 2.65. The van der Waals surface area contributed by atoms with Crippen LogP contribution in [-0.2, 0) is 4.79 Å². The predicted octanol–water partition coefficient (Wildman–Crippen LogP) is 4.67. The summed E-state index contributed by atoms with van der Waals surface area (Å²) >= 11 is 0. The van der Waals surface area contributed by atoms with Gasteiger partial charge in [0.25, 0.3) is 0 Å². The van der Waals surface area contributed by atoms with Gasteiger partial charge >= 0.3 is 12.2 Å². The first-order valence-electron chi connectivity index (χ1n) is 7.62. The topological polar surface area (TPSA) is 77.3 Å². The Morgan fingerprint density at radius 2 is 1.74 bits per heavy atom. The van der Waals surface area contributed by atoms with Crippen molar-refractivity contribution in [1.29, 1.82) is 0 Å². The second-order valence-corrected chi connectivity index (χ2v) is 5.39. The molecule has 1 heterocycles. The molecule has 0 amide bonds. The first-order valence-corrected chi connectivity index (χ1v) is 7.62. The molecule has 0 spiro atoms. The summed E-state index contributed by atoms with van der Waals surface area (Å²) < 4.78 is 60.5. The molecule has 0 saturated heterocycles. The van der Waals surface area contributed by atoms with Gasteiger partial charge in [0.2, 0.25) is 0 Å². The minimum absolute atomic E-state index is 0.104. The summed E-state index contributed by atoms with van der Waals surface area (Å²) in [6.07, 6.45) is -7.30. The van der Waals surface area contributed by atoms with Crippen molar-refractivity contribution in [1.82, 2.24) is 0 Å². The highest BCUT2D eigenvalue weighted by atomic mass is 19.3. The van der Waals surface area contributed by atoms with Crippen molar-refractivity contribution < 1.29 is 36.6 Å². The summed E-state index contributed by atoms with van der Waals surface area (Å²) in [5.41, 5.74) is -0.253. The Morgan fingerprint density at radius 1 is 1.11 bits per heavy atom. The van der Waals surface area contributed by atoms with E-state index in [1.807, 2.05) is 0 Å². The predicted molar refractivity (Wildman–Crippen MR) is 85.0 cm³/mol. The first kappa shape index (κ1) is 20.3. The Labute approximate surface area is 151 Å². The average molecular weight is 386 g/mol. The lowest BCUT2D eigenvalue weighted by Gasteiger charge is -2.31. The van der Waals surface area contributed by atoms with Crippen molar-refractivity contribution in [2.75, 3.05) is 0 Å². The van der Waals surface area contributed by atoms with Crippen LogP contribution in [-0.4, -0.2) is 23.8 Å². The number of fused-ring (bicyclic) bond motifs is 1. The monoisotopic (exact) mass is 386 g/mol. The van der Waals surface area contributed by atoms with Crippen LogP contribution in [0.4, 0.5) is 17.6 Å². The van der Waals surface area contributed by atoms with E-state index in [0.29, 0.717) is 0 Å². The van der Waals surface area contributed by atoms with Crippen LogP contribution in [0.5, 0.6) is 11.5 Å². The minimum atomic E-state index is -4.88. The summed E-state index contributed by atoms with van der Waals surface area (Å²) in [5, 5.41) is 7.09. The van der Waals surface area contributed by atoms with Crippen LogP contribution >= 0.6 is 0 Å². The molecule has 0 N–H and O–H groups in total. The Kier molecular flexibility index (Phi) is 5.77. The van der Waals surface area contributed by atoms with Crippen LogP contribution in [0.15, 0.2) is 53.0 Å². The van der Waals surface area contributed by atoms with E-state index in [1.54, 1.807) is 13.0 Å². The van der Waals surface area contributed by atoms with E-state index < -0.39 is 35.3 Å². The van der Waals surface area contributed by atoms with Crippen molar-refractivity contribution >= 4 is 11.6 Å². The van der Waals surface area contributed by atoms with E-state index >= 15 is 0 Å². The lowest BCUT2D eigenvalue weighted by Crippen LogP contribution is -2.52. The zero-order chi connectivity index (χ0) is 20.2. The summed E-state index contributed by atoms with van der Waals surface area (Å²) in [5.74, 6) is -2.45. The van der Waals surface area contributed by atoms with Crippen LogP contribution in [0.1, 0.15) is 30.1 Å². The number of carbonyl (C=O) groups excluding carboxylic acids is 2. The first-order chi connectivity index (χ1) is 12.6. The van der Waals surface area contributed by atoms with E-state index in [0.717, 1.165) is 18.2 Å². The van der Waals surface area contributed by atoms with Gasteiger partial charge in [-0.25, -0.2) is 0 Å². The number of ketones is 2. The molecule has 0 unspecified atom stereocenters. The second kappa shape index (κ2) is 7.68. The lowest BCUT2D eigenvalue weighted by atomic mass is 10.0. The molecule has 1 aromatic rings. The molecular weight excluding hydrogens is 372 g/mol. The van der Waals surface area contributed by atoms with Gasteiger partial charge in [-0.05, 0) is 25.1 Å². The van der Waals surface area contributed by atoms with E-state index in [2.05, 4.69) is 26.3 Å². The number of carbonyl (C=O) groups is 2. The normalized spacial score (nSPS) is 17.2. The maximum atomic E-state index is 13.2. The third kappa shape index (κ3) is 4.57. The summed E-state index contributed by atoms with van der Waals surface area (Å²) in [7, 11) is 0. The Hall–Kier alpha value is -3.04. The zero-order valence-corrected chi connectivity index (χ0v) is 14.0. The van der Waals surface area contributed by atoms with Gasteiger partial charge in [-0.15, -0.1) is 5.11 Å². The highest BCUT2D eigenvalue weighted by Crippen LogP contribution is 2.47. The van der Waals surface area contributed by atoms with Gasteiger partial charge < -0.3 is 9.47 Å². The largest absolute Gasteiger partial charge is 0.507 e. The molecule has 1 aliphatic heterocycles. The second-order valence-electron chi connectivity index (χ2n) is 5.39. The number of hydrogen-bond donors (Lipinski definition) is 0. The SMILES string of the molecule is C=C(N=N/C=C\C)C(=O)CCC(=O)c1ccc2c(c1)OC(F)(F)C(F)(F)O2. The van der Waals surface area contributed by atoms with Crippen molar-refractivity contribution in [2.45, 2.75) is 32.0 Å². The van der Waals surface area contributed by atoms with Gasteiger partial charge in [-0.1, -0.05) is 12.7 Å². The number of ether oxygens (including phenoxy) is 2. The van der Waals surface area contributed by atoms with Crippen molar-refractivity contribution in [2.24, 2.45) is 10.2 Å². The molecule has 1 aliphatic rings. The fraction of sp³-hybridized carbons (Fsp3) is 0.294. The molecule has 0 saturated carbocycles. The fourth-order valence-corrected chi connectivity index (χ4v) is 1.98. The smallest absolute Gasteiger partial charge is 0.421 e. The molecule has 10 heteroatoms. The van der Waals surface area contributed by atoms with Gasteiger partial charge in [0, 0.05) is 24.6 Å². The molecule has 0 bridgehead atoms. The Morgan fingerprint density at radius 3 is 2.37 bits per heavy atom. The molecule has 1 aromatic carbocycles. The molecule has 144 valence electrons. The molecule has 6 nitrogen and oxygen atoms in total. The van der Waals surface area contributed by atoms with Crippen molar-refractivity contribution in [3.8, 4) is 11.5 Å². The standard InChI is InChI=1S/C17H14F4N2O4/c1-3-8-22-23-10(2)12(24)5-6-13(25)11-4-7-14-15(9-11)27-17(20,21)16(18,19)26-14/h3-4,7-9H,2,5-6H2,1H3/b8-3-,23-22?. The summed E-state index contributed by atoms with van der Waals surface area (Å²) in [6, 6.07) is 2.87. The fourth-order valence-electron chi connectivity index (χ4n) is 1.98. The molecule has 0 fully saturated rings. The number of nitrogens with zero attached hydrogens (tertiary/aromatic N) is 2. The number of halogens is 4. The third-order valence-electron chi connectivity index (χ3n) is 3.38. The number of hydrogen-bond acceptors (Lipinski definition) is 6. The highest BCUT2D eigenvalue weighted by molar-refractivity contribution is 6.01. The number of Topliss-reactive ketones (excluding diaryl/α,β-unsaturated/α-hetero) is 2. The summed E-state index contributed by atoms with van der Waals surface area (Å²) in [4.78, 5) is 23.9. The molecule has 2 rings (SSSR count). The quantitative estimate of drug-likeness (QED) is 0.295. The lowest BCUT2D eigenvalue weighted by molar-refractivity contribution is -0.391. The van der Waals surface area contributed by atoms with Crippen LogP contribution in [0.2, 0.25) is 0 Å². The van der Waals surface area contributed by atoms with Gasteiger partial charge in [0.1, 0.15) is 5.70 Å². The van der Waals surface area contributed by atoms with Crippen LogP contribution < -0.4 is 9.47 Å². The van der Waals surface area contributed by atoms with Gasteiger partial charge in [0.15, 0.2) is 23.1 Å². The average Bonchev–Trinajstić information content (AvgIpc) is 2.59. The number of azo groups is 1. The van der Waals surface area contributed by atoms with E-state index in [1.165, 1.54) is 6.20 Å².